The molecule has 0 aliphatic heterocycles. The van der Waals surface area contributed by atoms with Gasteiger partial charge in [0.1, 0.15) is 0 Å². The first-order valence-electron chi connectivity index (χ1n) is 4.59. The highest BCUT2D eigenvalue weighted by Crippen LogP contribution is 1.99. The molecule has 0 aliphatic rings. The van der Waals surface area contributed by atoms with Crippen molar-refractivity contribution in [2.24, 2.45) is 0 Å². The van der Waals surface area contributed by atoms with Crippen LogP contribution in [0.2, 0.25) is 0 Å². The molecule has 0 amide bonds. The fraction of sp³-hybridized carbons (Fsp3) is 0.444. The molecule has 1 heterocycles. The summed E-state index contributed by atoms with van der Waals surface area (Å²) in [7, 11) is 3.40. The second-order valence-corrected chi connectivity index (χ2v) is 3.51. The molecule has 0 saturated carbocycles. The van der Waals surface area contributed by atoms with Crippen LogP contribution in [0.15, 0.2) is 15.5 Å². The van der Waals surface area contributed by atoms with Gasteiger partial charge < -0.3 is 14.2 Å². The lowest BCUT2D eigenvalue weighted by molar-refractivity contribution is 0.0523. The first kappa shape index (κ1) is 12.4. The van der Waals surface area contributed by atoms with Crippen LogP contribution in [0.1, 0.15) is 17.3 Å². The number of nitrogens with zero attached hydrogens (tertiary/aromatic N) is 2. The van der Waals surface area contributed by atoms with Crippen molar-refractivity contribution in [2.45, 2.75) is 6.92 Å². The molecule has 0 saturated heterocycles. The van der Waals surface area contributed by atoms with E-state index in [0.717, 1.165) is 4.74 Å². The molecule has 0 N–H and O–H groups in total. The molecule has 0 aliphatic carbocycles. The summed E-state index contributed by atoms with van der Waals surface area (Å²) in [6.45, 7) is 1.85. The Morgan fingerprint density at radius 1 is 1.62 bits per heavy atom. The number of rotatable bonds is 2. The second-order valence-electron chi connectivity index (χ2n) is 3.14. The van der Waals surface area contributed by atoms with Gasteiger partial charge >= 0.3 is 11.6 Å². The summed E-state index contributed by atoms with van der Waals surface area (Å²) in [5.74, 6) is -0.712. The van der Waals surface area contributed by atoms with Gasteiger partial charge in [0.05, 0.1) is 12.8 Å². The SMILES string of the molecule is CCOC(=O)c1cn(C(=S)N(C)C)oc1=O. The Morgan fingerprint density at radius 2 is 2.25 bits per heavy atom. The zero-order chi connectivity index (χ0) is 12.3. The molecule has 7 heteroatoms. The van der Waals surface area contributed by atoms with E-state index in [1.54, 1.807) is 25.9 Å². The average molecular weight is 244 g/mol. The van der Waals surface area contributed by atoms with Crippen LogP contribution in [0.25, 0.3) is 0 Å². The van der Waals surface area contributed by atoms with Crippen LogP contribution in [-0.4, -0.2) is 41.4 Å². The van der Waals surface area contributed by atoms with Gasteiger partial charge in [-0.1, -0.05) is 0 Å². The van der Waals surface area contributed by atoms with Crippen LogP contribution >= 0.6 is 12.2 Å². The standard InChI is InChI=1S/C9H12N2O4S/c1-4-14-7(12)6-5-11(15-8(6)13)9(16)10(2)3/h5H,4H2,1-3H3. The Morgan fingerprint density at radius 3 is 2.75 bits per heavy atom. The smallest absolute Gasteiger partial charge is 0.372 e. The number of thiocarbonyl (C=S) groups is 1. The Bertz CT molecular complexity index is 460. The zero-order valence-corrected chi connectivity index (χ0v) is 10.0. The van der Waals surface area contributed by atoms with Crippen molar-refractivity contribution in [1.29, 1.82) is 0 Å². The molecule has 0 radical (unpaired) electrons. The van der Waals surface area contributed by atoms with Crippen molar-refractivity contribution in [3.05, 3.63) is 22.2 Å². The molecule has 0 unspecified atom stereocenters. The predicted molar refractivity (Wildman–Crippen MR) is 60.6 cm³/mol. The van der Waals surface area contributed by atoms with Crippen LogP contribution in [0.4, 0.5) is 0 Å². The second kappa shape index (κ2) is 4.93. The molecule has 1 aromatic heterocycles. The van der Waals surface area contributed by atoms with Crippen LogP contribution in [0.3, 0.4) is 0 Å². The Hall–Kier alpha value is -1.63. The minimum Gasteiger partial charge on any atom is -0.462 e. The van der Waals surface area contributed by atoms with Crippen molar-refractivity contribution in [1.82, 2.24) is 9.64 Å². The number of hydrogen-bond donors (Lipinski definition) is 0. The fourth-order valence-electron chi connectivity index (χ4n) is 0.971. The monoisotopic (exact) mass is 244 g/mol. The van der Waals surface area contributed by atoms with Gasteiger partial charge in [-0.15, -0.1) is 0 Å². The summed E-state index contributed by atoms with van der Waals surface area (Å²) in [5, 5.41) is 0.271. The molecule has 6 nitrogen and oxygen atoms in total. The molecule has 0 aromatic carbocycles. The lowest BCUT2D eigenvalue weighted by Crippen LogP contribution is -2.26. The molecular formula is C9H12N2O4S. The van der Waals surface area contributed by atoms with Crippen molar-refractivity contribution >= 4 is 23.3 Å². The number of esters is 1. The molecule has 88 valence electrons. The Labute approximate surface area is 97.4 Å². The molecule has 1 aromatic rings. The van der Waals surface area contributed by atoms with Gasteiger partial charge in [0.15, 0.2) is 5.56 Å². The topological polar surface area (TPSA) is 64.7 Å². The first-order valence-corrected chi connectivity index (χ1v) is 5.00. The molecule has 1 rings (SSSR count). The van der Waals surface area contributed by atoms with Crippen molar-refractivity contribution in [2.75, 3.05) is 20.7 Å². The molecule has 0 fully saturated rings. The van der Waals surface area contributed by atoms with Gasteiger partial charge in [0.25, 0.3) is 0 Å². The first-order chi connectivity index (χ1) is 7.47. The van der Waals surface area contributed by atoms with Crippen LogP contribution in [0, 0.1) is 0 Å². The molecule has 0 spiro atoms. The van der Waals surface area contributed by atoms with E-state index in [1.165, 1.54) is 6.20 Å². The lowest BCUT2D eigenvalue weighted by Gasteiger charge is -2.11. The van der Waals surface area contributed by atoms with E-state index in [4.69, 9.17) is 21.5 Å². The molecular weight excluding hydrogens is 232 g/mol. The number of hydrogen-bond acceptors (Lipinski definition) is 5. The lowest BCUT2D eigenvalue weighted by atomic mass is 10.4. The summed E-state index contributed by atoms with van der Waals surface area (Å²) >= 11 is 4.97. The molecule has 16 heavy (non-hydrogen) atoms. The summed E-state index contributed by atoms with van der Waals surface area (Å²) < 4.78 is 10.5. The van der Waals surface area contributed by atoms with E-state index < -0.39 is 11.6 Å². The normalized spacial score (nSPS) is 9.94. The summed E-state index contributed by atoms with van der Waals surface area (Å²) in [6, 6.07) is 0. The maximum absolute atomic E-state index is 11.3. The van der Waals surface area contributed by atoms with Crippen molar-refractivity contribution < 1.29 is 14.1 Å². The van der Waals surface area contributed by atoms with E-state index in [1.807, 2.05) is 0 Å². The predicted octanol–water partition coefficient (Wildman–Crippen LogP) is 0.313. The van der Waals surface area contributed by atoms with Crippen LogP contribution in [-0.2, 0) is 4.74 Å². The van der Waals surface area contributed by atoms with E-state index >= 15 is 0 Å². The third-order valence-electron chi connectivity index (χ3n) is 1.71. The van der Waals surface area contributed by atoms with Gasteiger partial charge in [-0.05, 0) is 19.1 Å². The van der Waals surface area contributed by atoms with Crippen LogP contribution < -0.4 is 5.63 Å². The highest BCUT2D eigenvalue weighted by Gasteiger charge is 2.18. The highest BCUT2D eigenvalue weighted by molar-refractivity contribution is 7.80. The van der Waals surface area contributed by atoms with Crippen molar-refractivity contribution in [3.63, 3.8) is 0 Å². The van der Waals surface area contributed by atoms with E-state index in [9.17, 15) is 9.59 Å². The third kappa shape index (κ3) is 2.48. The van der Waals surface area contributed by atoms with E-state index in [-0.39, 0.29) is 17.3 Å². The zero-order valence-electron chi connectivity index (χ0n) is 9.22. The summed E-state index contributed by atoms with van der Waals surface area (Å²) in [6.07, 6.45) is 1.22. The fourth-order valence-corrected chi connectivity index (χ4v) is 1.06. The van der Waals surface area contributed by atoms with Gasteiger partial charge in [-0.25, -0.2) is 9.59 Å². The largest absolute Gasteiger partial charge is 0.462 e. The number of carbonyl (C=O) groups is 1. The third-order valence-corrected chi connectivity index (χ3v) is 2.26. The van der Waals surface area contributed by atoms with Crippen LogP contribution in [0.5, 0.6) is 0 Å². The Balaban J connectivity index is 3.03. The quantitative estimate of drug-likeness (QED) is 0.551. The van der Waals surface area contributed by atoms with Gasteiger partial charge in [-0.3, -0.25) is 0 Å². The van der Waals surface area contributed by atoms with Gasteiger partial charge in [0.2, 0.25) is 5.11 Å². The molecule has 0 bridgehead atoms. The molecule has 0 atom stereocenters. The number of carbonyl (C=O) groups excluding carboxylic acids is 1. The van der Waals surface area contributed by atoms with Gasteiger partial charge in [-0.2, -0.15) is 4.74 Å². The van der Waals surface area contributed by atoms with E-state index in [0.29, 0.717) is 0 Å². The van der Waals surface area contributed by atoms with E-state index in [2.05, 4.69) is 0 Å². The van der Waals surface area contributed by atoms with Gasteiger partial charge in [0, 0.05) is 14.1 Å². The average Bonchev–Trinajstić information content (AvgIpc) is 2.59. The summed E-state index contributed by atoms with van der Waals surface area (Å²) in [5.41, 5.74) is -0.922. The maximum Gasteiger partial charge on any atom is 0.372 e. The summed E-state index contributed by atoms with van der Waals surface area (Å²) in [4.78, 5) is 24.2. The minimum atomic E-state index is -0.761. The number of aromatic nitrogens is 1. The minimum absolute atomic E-state index is 0.161. The van der Waals surface area contributed by atoms with Crippen molar-refractivity contribution in [3.8, 4) is 0 Å². The Kier molecular flexibility index (Phi) is 3.83. The highest BCUT2D eigenvalue weighted by atomic mass is 32.1. The maximum atomic E-state index is 11.3. The number of ether oxygens (including phenoxy) is 1.